The Morgan fingerprint density at radius 2 is 0.950 bits per heavy atom. The minimum atomic E-state index is -1.08. The number of rotatable bonds is 1. The van der Waals surface area contributed by atoms with Gasteiger partial charge in [-0.2, -0.15) is 0 Å². The molecule has 0 spiro atoms. The van der Waals surface area contributed by atoms with E-state index < -0.39 is 53.5 Å². The van der Waals surface area contributed by atoms with Crippen molar-refractivity contribution < 1.29 is 67.4 Å². The summed E-state index contributed by atoms with van der Waals surface area (Å²) < 4.78 is 42.8. The van der Waals surface area contributed by atoms with Gasteiger partial charge in [0.2, 0.25) is 0 Å². The van der Waals surface area contributed by atoms with E-state index in [0.717, 1.165) is 60.8 Å². The number of nitro benzene ring substituents is 1. The molecule has 0 saturated carbocycles. The second-order valence-corrected chi connectivity index (χ2v) is 14.3. The van der Waals surface area contributed by atoms with E-state index in [2.05, 4.69) is 0 Å². The minimum absolute atomic E-state index is 0.0247. The third-order valence-corrected chi connectivity index (χ3v) is 10.4. The number of halogens is 1. The number of anilines is 1. The van der Waals surface area contributed by atoms with Crippen molar-refractivity contribution >= 4 is 86.9 Å². The molecule has 5 aromatic carbocycles. The summed E-state index contributed by atoms with van der Waals surface area (Å²) >= 11 is 0. The van der Waals surface area contributed by atoms with Crippen LogP contribution in [0.3, 0.4) is 0 Å². The Labute approximate surface area is 345 Å². The molecule has 0 aromatic heterocycles. The number of nitrogens with zero attached hydrogens (tertiary/aromatic N) is 1. The van der Waals surface area contributed by atoms with Crippen LogP contribution in [0.2, 0.25) is 0 Å². The highest BCUT2D eigenvalue weighted by Gasteiger charge is 2.35. The van der Waals surface area contributed by atoms with Gasteiger partial charge in [-0.25, -0.2) is 4.39 Å². The van der Waals surface area contributed by atoms with E-state index in [1.165, 1.54) is 18.2 Å². The first-order valence-corrected chi connectivity index (χ1v) is 18.7. The fraction of sp³-hybridized carbons (Fsp3) is 0.189. The van der Waals surface area contributed by atoms with Crippen molar-refractivity contribution in [2.75, 3.05) is 5.73 Å². The molecular weight excluding hydrogens is 780 g/mol. The maximum Gasteiger partial charge on any atom is 0.494 e. The quantitative estimate of drug-likeness (QED) is 0.0406. The molecule has 0 radical (unpaired) electrons. The van der Waals surface area contributed by atoms with Crippen molar-refractivity contribution in [1.29, 1.82) is 0 Å². The molecule has 0 aliphatic carbocycles. The average Bonchev–Trinajstić information content (AvgIpc) is 4.11. The molecule has 5 aromatic rings. The Morgan fingerprint density at radius 3 is 1.47 bits per heavy atom. The first-order valence-electron chi connectivity index (χ1n) is 18.7. The van der Waals surface area contributed by atoms with Crippen LogP contribution in [0.15, 0.2) is 84.9 Å². The van der Waals surface area contributed by atoms with Crippen LogP contribution in [0, 0.1) is 22.9 Å². The topological polar surface area (TPSA) is 246 Å². The van der Waals surface area contributed by atoms with Crippen molar-refractivity contribution in [3.05, 3.63) is 140 Å². The highest BCUT2D eigenvalue weighted by molar-refractivity contribution is 6.65. The van der Waals surface area contributed by atoms with Crippen LogP contribution in [0.1, 0.15) is 38.9 Å². The van der Waals surface area contributed by atoms with E-state index in [4.69, 9.17) is 38.7 Å². The molecule has 0 bridgehead atoms. The third kappa shape index (κ3) is 9.53. The van der Waals surface area contributed by atoms with Crippen molar-refractivity contribution in [3.63, 3.8) is 0 Å². The van der Waals surface area contributed by atoms with Crippen molar-refractivity contribution in [2.45, 2.75) is 46.6 Å². The van der Waals surface area contributed by atoms with Crippen LogP contribution in [0.4, 0.5) is 15.8 Å². The number of benzene rings is 5. The lowest BCUT2D eigenvalue weighted by Crippen LogP contribution is -2.33. The standard InChI is InChI=1S/C8H8B2O4.C8H9BO2.C7H6BFO2.C7H6BNO4.C7H8BNO2/c11-9-7-1-5-3-13-10(12)8(5)2-6(7)4-14-9;1-6-3-2-4-7-5-11-9(10)8(6)7;9-6-3-1-2-5-4-11-8(10)7(5)6;10-8-7-3-6(9(11)12)2-1-5(7)4-13-8;9-6-2-1-5-4-11-8(10)7(5)3-6/h1-2,11-12H,3-4H2;2-4,10H,5H2,1H3;1-3,10H,4H2;1-3,10H,4H2;1-3,10H,4,9H2. The SMILES string of the molecule is Cc1cccc2c1B(O)OC2.Nc1ccc2c(c1)B(O)OC2.O=[N+]([O-])c1ccc2c(c1)B(O)OC2.OB1OCc2cc3c(cc21)COB3O.OB1OCc2cccc(F)c21. The van der Waals surface area contributed by atoms with E-state index in [9.17, 15) is 39.6 Å². The second-order valence-electron chi connectivity index (χ2n) is 14.3. The molecule has 0 amide bonds. The van der Waals surface area contributed by atoms with Crippen molar-refractivity contribution in [1.82, 2.24) is 0 Å². The number of non-ortho nitro benzene ring substituents is 1. The molecule has 304 valence electrons. The normalized spacial score (nSPS) is 15.9. The summed E-state index contributed by atoms with van der Waals surface area (Å²) in [5.41, 5.74) is 16.9. The number of nitrogens with two attached hydrogens (primary N) is 1. The Bertz CT molecular complexity index is 2290. The van der Waals surface area contributed by atoms with Gasteiger partial charge in [0.25, 0.3) is 5.69 Å². The fourth-order valence-corrected chi connectivity index (χ4v) is 7.21. The van der Waals surface area contributed by atoms with Crippen molar-refractivity contribution in [3.8, 4) is 0 Å². The Kier molecular flexibility index (Phi) is 13.6. The van der Waals surface area contributed by atoms with Gasteiger partial charge >= 0.3 is 42.7 Å². The van der Waals surface area contributed by atoms with Crippen LogP contribution in [-0.2, 0) is 67.6 Å². The average molecular weight is 818 g/mol. The van der Waals surface area contributed by atoms with Gasteiger partial charge in [-0.05, 0) is 85.8 Å². The molecule has 11 rings (SSSR count). The number of hydrogen-bond donors (Lipinski definition) is 7. The van der Waals surface area contributed by atoms with Crippen molar-refractivity contribution in [2.24, 2.45) is 0 Å². The lowest BCUT2D eigenvalue weighted by atomic mass is 9.73. The van der Waals surface area contributed by atoms with Gasteiger partial charge in [0.15, 0.2) is 0 Å². The summed E-state index contributed by atoms with van der Waals surface area (Å²) in [4.78, 5) is 9.90. The third-order valence-electron chi connectivity index (χ3n) is 10.4. The zero-order valence-electron chi connectivity index (χ0n) is 32.1. The number of fused-ring (bicyclic) bond motifs is 6. The van der Waals surface area contributed by atoms with Gasteiger partial charge in [0.1, 0.15) is 5.82 Å². The van der Waals surface area contributed by atoms with Gasteiger partial charge < -0.3 is 63.8 Å². The molecule has 6 heterocycles. The highest BCUT2D eigenvalue weighted by atomic mass is 19.1. The smallest absolute Gasteiger partial charge is 0.423 e. The lowest BCUT2D eigenvalue weighted by molar-refractivity contribution is -0.384. The zero-order chi connectivity index (χ0) is 42.7. The van der Waals surface area contributed by atoms with Crippen LogP contribution in [-0.4, -0.2) is 77.8 Å². The Morgan fingerprint density at radius 1 is 0.533 bits per heavy atom. The van der Waals surface area contributed by atoms with Gasteiger partial charge in [0.05, 0.1) is 44.6 Å². The fourth-order valence-electron chi connectivity index (χ4n) is 7.21. The molecule has 6 aliphatic heterocycles. The maximum absolute atomic E-state index is 12.9. The number of aryl methyl sites for hydroxylation is 1. The van der Waals surface area contributed by atoms with Crippen LogP contribution < -0.4 is 38.5 Å². The second kappa shape index (κ2) is 18.8. The molecule has 0 saturated heterocycles. The van der Waals surface area contributed by atoms with E-state index >= 15 is 0 Å². The summed E-state index contributed by atoms with van der Waals surface area (Å²) in [7, 11) is -5.23. The van der Waals surface area contributed by atoms with Gasteiger partial charge in [-0.3, -0.25) is 10.1 Å². The van der Waals surface area contributed by atoms with E-state index in [0.29, 0.717) is 50.8 Å². The van der Waals surface area contributed by atoms with E-state index in [1.54, 1.807) is 30.3 Å². The summed E-state index contributed by atoms with van der Waals surface area (Å²) in [6.07, 6.45) is 0. The molecule has 16 nitrogen and oxygen atoms in total. The summed E-state index contributed by atoms with van der Waals surface area (Å²) in [5, 5.41) is 66.2. The number of nitro groups is 1. The maximum atomic E-state index is 12.9. The highest BCUT2D eigenvalue weighted by Crippen LogP contribution is 2.18. The molecular formula is C37H37B6FN2O14. The monoisotopic (exact) mass is 818 g/mol. The largest absolute Gasteiger partial charge is 0.494 e. The van der Waals surface area contributed by atoms with Crippen LogP contribution >= 0.6 is 0 Å². The van der Waals surface area contributed by atoms with Gasteiger partial charge in [-0.15, -0.1) is 0 Å². The van der Waals surface area contributed by atoms with Gasteiger partial charge in [0, 0.05) is 23.3 Å². The molecule has 23 heteroatoms. The molecule has 0 atom stereocenters. The van der Waals surface area contributed by atoms with Gasteiger partial charge in [-0.1, -0.05) is 60.2 Å². The van der Waals surface area contributed by atoms with Crippen LogP contribution in [0.5, 0.6) is 0 Å². The molecule has 0 fully saturated rings. The Hall–Kier alpha value is -4.86. The molecule has 60 heavy (non-hydrogen) atoms. The minimum Gasteiger partial charge on any atom is -0.423 e. The first-order chi connectivity index (χ1) is 28.8. The zero-order valence-corrected chi connectivity index (χ0v) is 32.1. The molecule has 8 N–H and O–H groups in total. The molecule has 6 aliphatic rings. The van der Waals surface area contributed by atoms with E-state index in [-0.39, 0.29) is 11.2 Å². The van der Waals surface area contributed by atoms with E-state index in [1.807, 2.05) is 43.3 Å². The first kappa shape index (κ1) is 43.2. The summed E-state index contributed by atoms with van der Waals surface area (Å²) in [6.45, 7) is 4.42. The number of nitrogen functional groups attached to an aromatic ring is 1. The number of hydrogen-bond acceptors (Lipinski definition) is 15. The van der Waals surface area contributed by atoms with Crippen LogP contribution in [0.25, 0.3) is 0 Å². The summed E-state index contributed by atoms with van der Waals surface area (Å²) in [6, 6.07) is 24.1. The lowest BCUT2D eigenvalue weighted by Gasteiger charge is -2.02. The Balaban J connectivity index is 0.000000114. The summed E-state index contributed by atoms with van der Waals surface area (Å²) in [5.74, 6) is -0.396. The predicted molar refractivity (Wildman–Crippen MR) is 222 cm³/mol. The predicted octanol–water partition coefficient (Wildman–Crippen LogP) is -2.32. The molecule has 0 unspecified atom stereocenters.